The lowest BCUT2D eigenvalue weighted by Crippen LogP contribution is -2.37. The van der Waals surface area contributed by atoms with Crippen LogP contribution >= 0.6 is 11.6 Å². The number of halogens is 1. The molecule has 8 heteroatoms. The first-order valence-electron chi connectivity index (χ1n) is 8.56. The Hall–Kier alpha value is -2.80. The fraction of sp³-hybridized carbons (Fsp3) is 0.316. The smallest absolute Gasteiger partial charge is 0.340 e. The highest BCUT2D eigenvalue weighted by Gasteiger charge is 2.24. The van der Waals surface area contributed by atoms with Crippen LogP contribution < -0.4 is 10.4 Å². The summed E-state index contributed by atoms with van der Waals surface area (Å²) in [6.45, 7) is 2.85. The van der Waals surface area contributed by atoms with Crippen molar-refractivity contribution in [2.24, 2.45) is 0 Å². The van der Waals surface area contributed by atoms with Gasteiger partial charge in [0.05, 0.1) is 48.4 Å². The number of hydrogen-bond acceptors (Lipinski definition) is 5. The number of nitrogens with zero attached hydrogens (tertiary/aromatic N) is 2. The molecule has 27 heavy (non-hydrogen) atoms. The molecule has 3 aromatic rings. The van der Waals surface area contributed by atoms with E-state index in [4.69, 9.17) is 20.8 Å². The number of rotatable bonds is 3. The number of carbonyl (C=O) groups excluding carboxylic acids is 1. The molecule has 0 aliphatic carbocycles. The van der Waals surface area contributed by atoms with E-state index >= 15 is 0 Å². The molecule has 4 rings (SSSR count). The summed E-state index contributed by atoms with van der Waals surface area (Å²) >= 11 is 6.20. The zero-order valence-corrected chi connectivity index (χ0v) is 15.7. The van der Waals surface area contributed by atoms with Gasteiger partial charge in [-0.3, -0.25) is 4.79 Å². The molecule has 0 fully saturated rings. The Bertz CT molecular complexity index is 1100. The Labute approximate surface area is 159 Å². The number of aryl methyl sites for hydroxylation is 1. The van der Waals surface area contributed by atoms with Gasteiger partial charge in [0.2, 0.25) is 5.91 Å². The zero-order chi connectivity index (χ0) is 19.1. The van der Waals surface area contributed by atoms with Gasteiger partial charge in [-0.25, -0.2) is 9.78 Å². The maximum atomic E-state index is 12.8. The van der Waals surface area contributed by atoms with E-state index in [-0.39, 0.29) is 12.3 Å². The normalized spacial score (nSPS) is 13.7. The van der Waals surface area contributed by atoms with Gasteiger partial charge >= 0.3 is 5.63 Å². The minimum absolute atomic E-state index is 0.0166. The molecule has 3 heterocycles. The van der Waals surface area contributed by atoms with Crippen LogP contribution in [0.1, 0.15) is 22.5 Å². The summed E-state index contributed by atoms with van der Waals surface area (Å²) < 4.78 is 10.6. The average Bonchev–Trinajstić information content (AvgIpc) is 3.13. The number of methoxy groups -OCH3 is 1. The number of amides is 1. The number of nitrogens with one attached hydrogen (secondary N) is 1. The van der Waals surface area contributed by atoms with Gasteiger partial charge in [-0.1, -0.05) is 11.6 Å². The number of ether oxygens (including phenoxy) is 1. The molecule has 0 atom stereocenters. The predicted octanol–water partition coefficient (Wildman–Crippen LogP) is 2.61. The van der Waals surface area contributed by atoms with Crippen molar-refractivity contribution in [3.05, 3.63) is 56.4 Å². The van der Waals surface area contributed by atoms with E-state index in [9.17, 15) is 9.59 Å². The molecular weight excluding hydrogens is 370 g/mol. The molecule has 140 valence electrons. The van der Waals surface area contributed by atoms with Crippen LogP contribution in [-0.4, -0.2) is 34.4 Å². The van der Waals surface area contributed by atoms with Crippen molar-refractivity contribution in [2.75, 3.05) is 13.7 Å². The molecule has 2 aromatic heterocycles. The summed E-state index contributed by atoms with van der Waals surface area (Å²) in [5.41, 5.74) is 2.84. The van der Waals surface area contributed by atoms with Crippen LogP contribution in [-0.2, 0) is 24.2 Å². The summed E-state index contributed by atoms with van der Waals surface area (Å²) in [6.07, 6.45) is 2.32. The molecule has 0 spiro atoms. The van der Waals surface area contributed by atoms with E-state index in [2.05, 4.69) is 9.97 Å². The first-order valence-corrected chi connectivity index (χ1v) is 8.94. The molecule has 1 amide bonds. The van der Waals surface area contributed by atoms with Crippen LogP contribution in [0.3, 0.4) is 0 Å². The summed E-state index contributed by atoms with van der Waals surface area (Å²) in [7, 11) is 1.49. The third kappa shape index (κ3) is 3.08. The van der Waals surface area contributed by atoms with Crippen LogP contribution in [0.25, 0.3) is 11.0 Å². The van der Waals surface area contributed by atoms with Crippen molar-refractivity contribution in [3.63, 3.8) is 0 Å². The number of imidazole rings is 1. The van der Waals surface area contributed by atoms with Gasteiger partial charge in [0, 0.05) is 24.4 Å². The van der Waals surface area contributed by atoms with Gasteiger partial charge in [0.15, 0.2) is 0 Å². The monoisotopic (exact) mass is 387 g/mol. The number of fused-ring (bicyclic) bond motifs is 2. The Balaban J connectivity index is 1.66. The second-order valence-electron chi connectivity index (χ2n) is 6.55. The van der Waals surface area contributed by atoms with Crippen LogP contribution in [0.15, 0.2) is 27.7 Å². The van der Waals surface area contributed by atoms with Crippen LogP contribution in [0, 0.1) is 6.92 Å². The fourth-order valence-corrected chi connectivity index (χ4v) is 3.68. The maximum Gasteiger partial charge on any atom is 0.340 e. The lowest BCUT2D eigenvalue weighted by Gasteiger charge is -2.26. The highest BCUT2D eigenvalue weighted by atomic mass is 35.5. The molecule has 1 N–H and O–H groups in total. The maximum absolute atomic E-state index is 12.8. The average molecular weight is 388 g/mol. The minimum Gasteiger partial charge on any atom is -0.495 e. The second-order valence-corrected chi connectivity index (χ2v) is 6.95. The largest absolute Gasteiger partial charge is 0.495 e. The van der Waals surface area contributed by atoms with E-state index in [0.717, 1.165) is 11.4 Å². The molecule has 0 radical (unpaired) electrons. The molecule has 0 saturated heterocycles. The van der Waals surface area contributed by atoms with Crippen molar-refractivity contribution in [1.82, 2.24) is 14.9 Å². The van der Waals surface area contributed by atoms with Gasteiger partial charge in [-0.05, 0) is 18.6 Å². The number of benzene rings is 1. The topological polar surface area (TPSA) is 88.4 Å². The number of H-pyrrole nitrogens is 1. The van der Waals surface area contributed by atoms with Gasteiger partial charge < -0.3 is 19.0 Å². The summed E-state index contributed by atoms with van der Waals surface area (Å²) in [5.74, 6) is 0.309. The Morgan fingerprint density at radius 3 is 3.04 bits per heavy atom. The Morgan fingerprint density at radius 2 is 2.26 bits per heavy atom. The lowest BCUT2D eigenvalue weighted by atomic mass is 10.0. The number of aromatic amines is 1. The molecule has 7 nitrogen and oxygen atoms in total. The first kappa shape index (κ1) is 17.6. The van der Waals surface area contributed by atoms with Gasteiger partial charge in [0.1, 0.15) is 11.3 Å². The number of hydrogen-bond donors (Lipinski definition) is 1. The number of aromatic nitrogens is 2. The van der Waals surface area contributed by atoms with Crippen molar-refractivity contribution in [3.8, 4) is 5.75 Å². The third-order valence-electron chi connectivity index (χ3n) is 5.02. The molecule has 0 saturated carbocycles. The van der Waals surface area contributed by atoms with Crippen molar-refractivity contribution < 1.29 is 13.9 Å². The third-order valence-corrected chi connectivity index (χ3v) is 5.31. The van der Waals surface area contributed by atoms with E-state index < -0.39 is 5.63 Å². The molecular formula is C19H18ClN3O4. The SMILES string of the molecule is COc1cc2oc(=O)c(CC(=O)N3CCc4nc[nH]c4C3)c(C)c2cc1Cl. The quantitative estimate of drug-likeness (QED) is 0.698. The van der Waals surface area contributed by atoms with Crippen LogP contribution in [0.4, 0.5) is 0 Å². The Kier molecular flexibility index (Phi) is 4.39. The summed E-state index contributed by atoms with van der Waals surface area (Å²) in [6, 6.07) is 3.28. The van der Waals surface area contributed by atoms with E-state index in [1.165, 1.54) is 7.11 Å². The molecule has 0 bridgehead atoms. The van der Waals surface area contributed by atoms with E-state index in [0.29, 0.717) is 52.4 Å². The van der Waals surface area contributed by atoms with Crippen molar-refractivity contribution >= 4 is 28.5 Å². The van der Waals surface area contributed by atoms with Gasteiger partial charge in [-0.15, -0.1) is 0 Å². The predicted molar refractivity (Wildman–Crippen MR) is 100 cm³/mol. The van der Waals surface area contributed by atoms with E-state index in [1.807, 2.05) is 0 Å². The van der Waals surface area contributed by atoms with Gasteiger partial charge in [-0.2, -0.15) is 0 Å². The van der Waals surface area contributed by atoms with Crippen molar-refractivity contribution in [2.45, 2.75) is 26.3 Å². The molecule has 1 aromatic carbocycles. The highest BCUT2D eigenvalue weighted by Crippen LogP contribution is 2.31. The second kappa shape index (κ2) is 6.74. The van der Waals surface area contributed by atoms with Crippen LogP contribution in [0.2, 0.25) is 5.02 Å². The summed E-state index contributed by atoms with van der Waals surface area (Å²) in [5, 5.41) is 1.11. The van der Waals surface area contributed by atoms with Gasteiger partial charge in [0.25, 0.3) is 0 Å². The first-order chi connectivity index (χ1) is 13.0. The van der Waals surface area contributed by atoms with Crippen molar-refractivity contribution in [1.29, 1.82) is 0 Å². The fourth-order valence-electron chi connectivity index (χ4n) is 3.44. The highest BCUT2D eigenvalue weighted by molar-refractivity contribution is 6.32. The summed E-state index contributed by atoms with van der Waals surface area (Å²) in [4.78, 5) is 34.3. The molecule has 0 unspecified atom stereocenters. The van der Waals surface area contributed by atoms with Crippen LogP contribution in [0.5, 0.6) is 5.75 Å². The Morgan fingerprint density at radius 1 is 1.44 bits per heavy atom. The minimum atomic E-state index is -0.517. The standard InChI is InChI=1S/C19H18ClN3O4/c1-10-11-5-13(20)17(26-2)7-16(11)27-19(25)12(10)6-18(24)23-4-3-14-15(8-23)22-9-21-14/h5,7,9H,3-4,6,8H2,1-2H3,(H,21,22). The molecule has 1 aliphatic heterocycles. The zero-order valence-electron chi connectivity index (χ0n) is 15.0. The lowest BCUT2D eigenvalue weighted by molar-refractivity contribution is -0.131. The number of carbonyl (C=O) groups is 1. The van der Waals surface area contributed by atoms with E-state index in [1.54, 1.807) is 30.3 Å². The molecule has 1 aliphatic rings.